The molecule has 1 fully saturated rings. The maximum atomic E-state index is 13.2. The molecule has 2 aromatic carbocycles. The Bertz CT molecular complexity index is 1040. The molecule has 0 aliphatic carbocycles. The van der Waals surface area contributed by atoms with Crippen molar-refractivity contribution < 1.29 is 24.2 Å². The lowest BCUT2D eigenvalue weighted by Gasteiger charge is -2.26. The SMILES string of the molecule is CCOc1ccc(C2/C(=C(\O)c3ccc(OCC(C)C)cc3)C(=O)C(=O)N2CCCN(C)C)cc1. The molecule has 35 heavy (non-hydrogen) atoms. The molecule has 1 N–H and O–H groups in total. The number of amides is 1. The molecule has 0 radical (unpaired) electrons. The first kappa shape index (κ1) is 26.3. The average Bonchev–Trinajstić information content (AvgIpc) is 3.08. The van der Waals surface area contributed by atoms with Crippen LogP contribution in [0.5, 0.6) is 11.5 Å². The number of hydrogen-bond donors (Lipinski definition) is 1. The summed E-state index contributed by atoms with van der Waals surface area (Å²) in [5.74, 6) is 0.320. The Morgan fingerprint density at radius 3 is 2.17 bits per heavy atom. The summed E-state index contributed by atoms with van der Waals surface area (Å²) >= 11 is 0. The van der Waals surface area contributed by atoms with Crippen molar-refractivity contribution in [2.24, 2.45) is 5.92 Å². The molecule has 1 atom stereocenters. The van der Waals surface area contributed by atoms with Crippen LogP contribution in [0.3, 0.4) is 0 Å². The largest absolute Gasteiger partial charge is 0.507 e. The second-order valence-corrected chi connectivity index (χ2v) is 9.38. The van der Waals surface area contributed by atoms with Gasteiger partial charge in [0.15, 0.2) is 0 Å². The van der Waals surface area contributed by atoms with Crippen LogP contribution in [0.15, 0.2) is 54.1 Å². The second-order valence-electron chi connectivity index (χ2n) is 9.38. The Hall–Kier alpha value is -3.32. The van der Waals surface area contributed by atoms with Crippen molar-refractivity contribution in [3.05, 3.63) is 65.2 Å². The fourth-order valence-electron chi connectivity index (χ4n) is 4.05. The quantitative estimate of drug-likeness (QED) is 0.290. The zero-order valence-electron chi connectivity index (χ0n) is 21.3. The Labute approximate surface area is 207 Å². The molecule has 1 unspecified atom stereocenters. The molecule has 1 aliphatic heterocycles. The van der Waals surface area contributed by atoms with E-state index in [1.165, 1.54) is 0 Å². The van der Waals surface area contributed by atoms with Crippen LogP contribution in [0.2, 0.25) is 0 Å². The highest BCUT2D eigenvalue weighted by Gasteiger charge is 2.45. The Balaban J connectivity index is 1.99. The van der Waals surface area contributed by atoms with E-state index >= 15 is 0 Å². The van der Waals surface area contributed by atoms with Gasteiger partial charge in [-0.1, -0.05) is 26.0 Å². The van der Waals surface area contributed by atoms with Crippen molar-refractivity contribution >= 4 is 17.4 Å². The normalized spacial score (nSPS) is 17.5. The number of Topliss-reactive ketones (excluding diaryl/α,β-unsaturated/α-hetero) is 1. The van der Waals surface area contributed by atoms with E-state index in [2.05, 4.69) is 13.8 Å². The number of likely N-dealkylation sites (tertiary alicyclic amines) is 1. The number of nitrogens with zero attached hydrogens (tertiary/aromatic N) is 2. The zero-order valence-corrected chi connectivity index (χ0v) is 21.3. The molecule has 188 valence electrons. The Morgan fingerprint density at radius 2 is 1.60 bits per heavy atom. The lowest BCUT2D eigenvalue weighted by atomic mass is 9.95. The van der Waals surface area contributed by atoms with Gasteiger partial charge in [-0.25, -0.2) is 0 Å². The smallest absolute Gasteiger partial charge is 0.295 e. The molecular weight excluding hydrogens is 444 g/mol. The first-order valence-corrected chi connectivity index (χ1v) is 12.1. The van der Waals surface area contributed by atoms with E-state index < -0.39 is 17.7 Å². The molecule has 0 bridgehead atoms. The van der Waals surface area contributed by atoms with Gasteiger partial charge in [-0.2, -0.15) is 0 Å². The molecule has 7 heteroatoms. The van der Waals surface area contributed by atoms with E-state index in [-0.39, 0.29) is 11.3 Å². The Kier molecular flexibility index (Phi) is 8.93. The third-order valence-electron chi connectivity index (χ3n) is 5.76. The number of benzene rings is 2. The van der Waals surface area contributed by atoms with Gasteiger partial charge in [0, 0.05) is 12.1 Å². The number of rotatable bonds is 11. The van der Waals surface area contributed by atoms with Crippen LogP contribution in [0, 0.1) is 5.92 Å². The molecule has 1 aliphatic rings. The summed E-state index contributed by atoms with van der Waals surface area (Å²) < 4.78 is 11.3. The van der Waals surface area contributed by atoms with Crippen LogP contribution >= 0.6 is 0 Å². The molecule has 0 saturated carbocycles. The van der Waals surface area contributed by atoms with Crippen molar-refractivity contribution in [1.82, 2.24) is 9.80 Å². The highest BCUT2D eigenvalue weighted by Crippen LogP contribution is 2.40. The molecule has 1 amide bonds. The van der Waals surface area contributed by atoms with Crippen LogP contribution in [-0.2, 0) is 9.59 Å². The van der Waals surface area contributed by atoms with Crippen LogP contribution < -0.4 is 9.47 Å². The van der Waals surface area contributed by atoms with Crippen LogP contribution in [0.1, 0.15) is 44.4 Å². The van der Waals surface area contributed by atoms with Crippen LogP contribution in [-0.4, -0.2) is 67.0 Å². The molecule has 7 nitrogen and oxygen atoms in total. The monoisotopic (exact) mass is 480 g/mol. The summed E-state index contributed by atoms with van der Waals surface area (Å²) in [4.78, 5) is 29.8. The molecule has 2 aromatic rings. The van der Waals surface area contributed by atoms with Gasteiger partial charge in [0.2, 0.25) is 0 Å². The minimum absolute atomic E-state index is 0.0971. The number of ketones is 1. The third kappa shape index (κ3) is 6.42. The summed E-state index contributed by atoms with van der Waals surface area (Å²) in [5.41, 5.74) is 1.31. The van der Waals surface area contributed by atoms with Gasteiger partial charge in [0.25, 0.3) is 11.7 Å². The van der Waals surface area contributed by atoms with Crippen molar-refractivity contribution in [3.8, 4) is 11.5 Å². The molecule has 0 aromatic heterocycles. The topological polar surface area (TPSA) is 79.3 Å². The van der Waals surface area contributed by atoms with Crippen LogP contribution in [0.25, 0.3) is 5.76 Å². The van der Waals surface area contributed by atoms with Gasteiger partial charge in [0.1, 0.15) is 17.3 Å². The maximum Gasteiger partial charge on any atom is 0.295 e. The van der Waals surface area contributed by atoms with Crippen molar-refractivity contribution in [2.75, 3.05) is 40.4 Å². The van der Waals surface area contributed by atoms with Gasteiger partial charge in [-0.05, 0) is 81.9 Å². The number of hydrogen-bond acceptors (Lipinski definition) is 6. The lowest BCUT2D eigenvalue weighted by Crippen LogP contribution is -2.32. The minimum Gasteiger partial charge on any atom is -0.507 e. The summed E-state index contributed by atoms with van der Waals surface area (Å²) in [6, 6.07) is 13.6. The summed E-state index contributed by atoms with van der Waals surface area (Å²) in [7, 11) is 3.93. The van der Waals surface area contributed by atoms with E-state index in [4.69, 9.17) is 9.47 Å². The van der Waals surface area contributed by atoms with Gasteiger partial charge in [0.05, 0.1) is 24.8 Å². The number of carbonyl (C=O) groups excluding carboxylic acids is 2. The minimum atomic E-state index is -0.676. The molecular formula is C28H36N2O5. The first-order valence-electron chi connectivity index (χ1n) is 12.1. The fourth-order valence-corrected chi connectivity index (χ4v) is 4.05. The summed E-state index contributed by atoms with van der Waals surface area (Å²) in [5, 5.41) is 11.2. The van der Waals surface area contributed by atoms with Gasteiger partial charge < -0.3 is 24.4 Å². The number of aliphatic hydroxyl groups excluding tert-OH is 1. The van der Waals surface area contributed by atoms with E-state index in [0.29, 0.717) is 49.2 Å². The second kappa shape index (κ2) is 11.9. The Morgan fingerprint density at radius 1 is 1.00 bits per heavy atom. The molecule has 0 spiro atoms. The highest BCUT2D eigenvalue weighted by molar-refractivity contribution is 6.46. The van der Waals surface area contributed by atoms with Crippen molar-refractivity contribution in [2.45, 2.75) is 33.2 Å². The first-order chi connectivity index (χ1) is 16.7. The summed E-state index contributed by atoms with van der Waals surface area (Å²) in [6.45, 7) is 8.35. The van der Waals surface area contributed by atoms with Gasteiger partial charge >= 0.3 is 0 Å². The number of ether oxygens (including phenoxy) is 2. The number of aliphatic hydroxyl groups is 1. The average molecular weight is 481 g/mol. The standard InChI is InChI=1S/C28H36N2O5/c1-6-34-22-12-8-20(9-13-22)25-24(27(32)28(33)30(25)17-7-16-29(4)5)26(31)21-10-14-23(15-11-21)35-18-19(2)3/h8-15,19,25,31H,6-7,16-18H2,1-5H3/b26-24+. The van der Waals surface area contributed by atoms with E-state index in [1.54, 1.807) is 29.2 Å². The molecule has 1 saturated heterocycles. The van der Waals surface area contributed by atoms with E-state index in [9.17, 15) is 14.7 Å². The predicted molar refractivity (Wildman–Crippen MR) is 137 cm³/mol. The summed E-state index contributed by atoms with van der Waals surface area (Å²) in [6.07, 6.45) is 0.704. The van der Waals surface area contributed by atoms with Crippen LogP contribution in [0.4, 0.5) is 0 Å². The lowest BCUT2D eigenvalue weighted by molar-refractivity contribution is -0.139. The fraction of sp³-hybridized carbons (Fsp3) is 0.429. The van der Waals surface area contributed by atoms with Gasteiger partial charge in [-0.15, -0.1) is 0 Å². The van der Waals surface area contributed by atoms with Crippen molar-refractivity contribution in [3.63, 3.8) is 0 Å². The number of carbonyl (C=O) groups is 2. The van der Waals surface area contributed by atoms with Gasteiger partial charge in [-0.3, -0.25) is 9.59 Å². The van der Waals surface area contributed by atoms with Crippen molar-refractivity contribution in [1.29, 1.82) is 0 Å². The third-order valence-corrected chi connectivity index (χ3v) is 5.76. The highest BCUT2D eigenvalue weighted by atomic mass is 16.5. The predicted octanol–water partition coefficient (Wildman–Crippen LogP) is 4.49. The molecule has 3 rings (SSSR count). The van der Waals surface area contributed by atoms with E-state index in [0.717, 1.165) is 12.1 Å². The maximum absolute atomic E-state index is 13.2. The van der Waals surface area contributed by atoms with E-state index in [1.807, 2.05) is 50.2 Å². The zero-order chi connectivity index (χ0) is 25.5. The molecule has 1 heterocycles.